The Balaban J connectivity index is 1.58. The SMILES string of the molecule is Cn1c(C2CCN(C(=O)/C=C/c3ccco3)CC2)n[nH]c1=S. The van der Waals surface area contributed by atoms with Crippen LogP contribution in [-0.4, -0.2) is 38.7 Å². The highest BCUT2D eigenvalue weighted by Gasteiger charge is 2.25. The van der Waals surface area contributed by atoms with Crippen LogP contribution < -0.4 is 0 Å². The first-order valence-corrected chi connectivity index (χ1v) is 7.68. The monoisotopic (exact) mass is 318 g/mol. The lowest BCUT2D eigenvalue weighted by atomic mass is 9.96. The van der Waals surface area contributed by atoms with Crippen molar-refractivity contribution >= 4 is 24.2 Å². The molecule has 1 aliphatic heterocycles. The second-order valence-corrected chi connectivity index (χ2v) is 5.78. The predicted octanol–water partition coefficient (Wildman–Crippen LogP) is 2.49. The molecule has 1 N–H and O–H groups in total. The van der Waals surface area contributed by atoms with E-state index in [2.05, 4.69) is 10.2 Å². The first kappa shape index (κ1) is 14.8. The second kappa shape index (κ2) is 6.31. The van der Waals surface area contributed by atoms with Gasteiger partial charge >= 0.3 is 0 Å². The number of carbonyl (C=O) groups is 1. The van der Waals surface area contributed by atoms with E-state index in [1.165, 1.54) is 0 Å². The second-order valence-electron chi connectivity index (χ2n) is 5.39. The first-order valence-electron chi connectivity index (χ1n) is 7.27. The fourth-order valence-electron chi connectivity index (χ4n) is 2.73. The van der Waals surface area contributed by atoms with Gasteiger partial charge in [-0.3, -0.25) is 9.89 Å². The molecular weight excluding hydrogens is 300 g/mol. The average molecular weight is 318 g/mol. The topological polar surface area (TPSA) is 67.1 Å². The molecule has 1 fully saturated rings. The third-order valence-corrected chi connectivity index (χ3v) is 4.38. The Morgan fingerprint density at radius 3 is 2.86 bits per heavy atom. The fraction of sp³-hybridized carbons (Fsp3) is 0.400. The molecule has 6 nitrogen and oxygen atoms in total. The van der Waals surface area contributed by atoms with Crippen LogP contribution in [0.5, 0.6) is 0 Å². The lowest BCUT2D eigenvalue weighted by Crippen LogP contribution is -2.37. The molecule has 3 rings (SSSR count). The molecule has 0 radical (unpaired) electrons. The van der Waals surface area contributed by atoms with Gasteiger partial charge in [-0.05, 0) is 43.3 Å². The number of nitrogens with zero attached hydrogens (tertiary/aromatic N) is 3. The highest BCUT2D eigenvalue weighted by atomic mass is 32.1. The van der Waals surface area contributed by atoms with Crippen LogP contribution in [0.4, 0.5) is 0 Å². The zero-order valence-corrected chi connectivity index (χ0v) is 13.2. The van der Waals surface area contributed by atoms with Gasteiger partial charge in [0, 0.05) is 32.1 Å². The number of hydrogen-bond donors (Lipinski definition) is 1. The smallest absolute Gasteiger partial charge is 0.246 e. The van der Waals surface area contributed by atoms with Gasteiger partial charge < -0.3 is 13.9 Å². The molecule has 0 unspecified atom stereocenters. The van der Waals surface area contributed by atoms with E-state index < -0.39 is 0 Å². The van der Waals surface area contributed by atoms with Crippen LogP contribution in [0.25, 0.3) is 6.08 Å². The summed E-state index contributed by atoms with van der Waals surface area (Å²) >= 11 is 5.14. The summed E-state index contributed by atoms with van der Waals surface area (Å²) in [4.78, 5) is 14.0. The van der Waals surface area contributed by atoms with Gasteiger partial charge in [0.1, 0.15) is 11.6 Å². The highest BCUT2D eigenvalue weighted by molar-refractivity contribution is 7.71. The third-order valence-electron chi connectivity index (χ3n) is 4.02. The molecule has 1 amide bonds. The lowest BCUT2D eigenvalue weighted by molar-refractivity contribution is -0.127. The van der Waals surface area contributed by atoms with Crippen LogP contribution in [-0.2, 0) is 11.8 Å². The van der Waals surface area contributed by atoms with Crippen molar-refractivity contribution in [1.29, 1.82) is 0 Å². The Hall–Kier alpha value is -2.15. The molecule has 0 aliphatic carbocycles. The summed E-state index contributed by atoms with van der Waals surface area (Å²) in [6.07, 6.45) is 6.65. The molecule has 1 saturated heterocycles. The largest absolute Gasteiger partial charge is 0.465 e. The van der Waals surface area contributed by atoms with E-state index >= 15 is 0 Å². The Morgan fingerprint density at radius 1 is 1.50 bits per heavy atom. The van der Waals surface area contributed by atoms with Crippen LogP contribution in [0.1, 0.15) is 30.3 Å². The van der Waals surface area contributed by atoms with Gasteiger partial charge in [0.25, 0.3) is 0 Å². The van der Waals surface area contributed by atoms with Crippen LogP contribution in [0, 0.1) is 4.77 Å². The van der Waals surface area contributed by atoms with Gasteiger partial charge in [0.05, 0.1) is 6.26 Å². The molecule has 116 valence electrons. The van der Waals surface area contributed by atoms with Crippen LogP contribution in [0.15, 0.2) is 28.9 Å². The summed E-state index contributed by atoms with van der Waals surface area (Å²) in [7, 11) is 1.92. The third kappa shape index (κ3) is 3.04. The van der Waals surface area contributed by atoms with E-state index in [9.17, 15) is 4.79 Å². The number of rotatable bonds is 3. The van der Waals surface area contributed by atoms with Gasteiger partial charge in [0.2, 0.25) is 5.91 Å². The van der Waals surface area contributed by atoms with Crippen LogP contribution >= 0.6 is 12.2 Å². The van der Waals surface area contributed by atoms with E-state index in [4.69, 9.17) is 16.6 Å². The van der Waals surface area contributed by atoms with Gasteiger partial charge in [-0.2, -0.15) is 5.10 Å². The van der Waals surface area contributed by atoms with E-state index in [-0.39, 0.29) is 5.91 Å². The molecular formula is C15H18N4O2S. The molecule has 2 aromatic heterocycles. The minimum Gasteiger partial charge on any atom is -0.465 e. The van der Waals surface area contributed by atoms with Gasteiger partial charge in [-0.15, -0.1) is 0 Å². The first-order chi connectivity index (χ1) is 10.6. The summed E-state index contributed by atoms with van der Waals surface area (Å²) < 4.78 is 7.72. The summed E-state index contributed by atoms with van der Waals surface area (Å²) in [6, 6.07) is 3.62. The predicted molar refractivity (Wildman–Crippen MR) is 84.7 cm³/mol. The Morgan fingerprint density at radius 2 is 2.27 bits per heavy atom. The van der Waals surface area contributed by atoms with E-state index in [0.717, 1.165) is 31.8 Å². The number of aromatic nitrogens is 3. The Bertz CT molecular complexity index is 721. The number of piperidine rings is 1. The maximum Gasteiger partial charge on any atom is 0.246 e. The zero-order valence-electron chi connectivity index (χ0n) is 12.4. The minimum absolute atomic E-state index is 0.0187. The standard InChI is InChI=1S/C15H18N4O2S/c1-18-14(16-17-15(18)22)11-6-8-19(9-7-11)13(20)5-4-12-3-2-10-21-12/h2-5,10-11H,6-9H2,1H3,(H,17,22)/b5-4+. The van der Waals surface area contributed by atoms with Crippen molar-refractivity contribution in [2.75, 3.05) is 13.1 Å². The maximum absolute atomic E-state index is 12.2. The Labute approximate surface area is 133 Å². The lowest BCUT2D eigenvalue weighted by Gasteiger charge is -2.30. The van der Waals surface area contributed by atoms with Crippen molar-refractivity contribution in [2.45, 2.75) is 18.8 Å². The number of carbonyl (C=O) groups excluding carboxylic acids is 1. The molecule has 7 heteroatoms. The zero-order chi connectivity index (χ0) is 15.5. The van der Waals surface area contributed by atoms with Crippen molar-refractivity contribution in [3.8, 4) is 0 Å². The molecule has 2 aromatic rings. The summed E-state index contributed by atoms with van der Waals surface area (Å²) in [5.41, 5.74) is 0. The number of amides is 1. The van der Waals surface area contributed by atoms with Gasteiger partial charge in [-0.1, -0.05) is 0 Å². The molecule has 1 aliphatic rings. The van der Waals surface area contributed by atoms with Crippen molar-refractivity contribution in [1.82, 2.24) is 19.7 Å². The molecule has 0 aromatic carbocycles. The maximum atomic E-state index is 12.2. The van der Waals surface area contributed by atoms with Crippen LogP contribution in [0.2, 0.25) is 0 Å². The normalized spacial score (nSPS) is 16.5. The summed E-state index contributed by atoms with van der Waals surface area (Å²) in [5, 5.41) is 7.11. The number of aromatic amines is 1. The van der Waals surface area contributed by atoms with E-state index in [1.807, 2.05) is 22.6 Å². The number of likely N-dealkylation sites (tertiary alicyclic amines) is 1. The quantitative estimate of drug-likeness (QED) is 0.697. The minimum atomic E-state index is 0.0187. The van der Waals surface area contributed by atoms with Crippen molar-refractivity contribution < 1.29 is 9.21 Å². The van der Waals surface area contributed by atoms with Gasteiger partial charge in [-0.25, -0.2) is 0 Å². The molecule has 0 saturated carbocycles. The van der Waals surface area contributed by atoms with Crippen molar-refractivity contribution in [2.24, 2.45) is 7.05 Å². The van der Waals surface area contributed by atoms with Crippen molar-refractivity contribution in [3.05, 3.63) is 40.8 Å². The van der Waals surface area contributed by atoms with Gasteiger partial charge in [0.15, 0.2) is 4.77 Å². The fourth-order valence-corrected chi connectivity index (χ4v) is 2.87. The molecule has 0 bridgehead atoms. The molecule has 22 heavy (non-hydrogen) atoms. The van der Waals surface area contributed by atoms with E-state index in [0.29, 0.717) is 16.4 Å². The summed E-state index contributed by atoms with van der Waals surface area (Å²) in [6.45, 7) is 1.46. The molecule has 0 atom stereocenters. The Kier molecular flexibility index (Phi) is 4.24. The highest BCUT2D eigenvalue weighted by Crippen LogP contribution is 2.26. The average Bonchev–Trinajstić information content (AvgIpc) is 3.16. The molecule has 0 spiro atoms. The number of nitrogens with one attached hydrogen (secondary N) is 1. The van der Waals surface area contributed by atoms with E-state index in [1.54, 1.807) is 24.5 Å². The molecule has 3 heterocycles. The van der Waals surface area contributed by atoms with Crippen molar-refractivity contribution in [3.63, 3.8) is 0 Å². The summed E-state index contributed by atoms with van der Waals surface area (Å²) in [5.74, 6) is 2.02. The number of hydrogen-bond acceptors (Lipinski definition) is 4. The number of furan rings is 1. The number of H-pyrrole nitrogens is 1. The van der Waals surface area contributed by atoms with Crippen LogP contribution in [0.3, 0.4) is 0 Å².